The van der Waals surface area contributed by atoms with Gasteiger partial charge in [0, 0.05) is 16.8 Å². The average molecular weight is 491 g/mol. The number of halogens is 1. The first-order valence-corrected chi connectivity index (χ1v) is 11.4. The molecule has 2 aromatic carbocycles. The van der Waals surface area contributed by atoms with E-state index in [1.807, 2.05) is 0 Å². The van der Waals surface area contributed by atoms with Crippen molar-refractivity contribution in [1.29, 1.82) is 0 Å². The smallest absolute Gasteiger partial charge is 0.250 e. The van der Waals surface area contributed by atoms with Gasteiger partial charge in [0.1, 0.15) is 0 Å². The Kier molecular flexibility index (Phi) is 8.48. The van der Waals surface area contributed by atoms with Crippen molar-refractivity contribution in [1.82, 2.24) is 10.2 Å². The molecule has 0 saturated heterocycles. The Balaban J connectivity index is 1.49. The number of hydrogen-bond acceptors (Lipinski definition) is 8. The van der Waals surface area contributed by atoms with Gasteiger partial charge in [0.15, 0.2) is 15.8 Å². The SMILES string of the molecule is COc1ccc(/C=C/C(=O)Nc2nnc(SCC(=O)Nc3ccc(Cl)cc3)s2)cc1OC. The van der Waals surface area contributed by atoms with Crippen molar-refractivity contribution in [3.63, 3.8) is 0 Å². The van der Waals surface area contributed by atoms with Gasteiger partial charge in [-0.2, -0.15) is 0 Å². The Morgan fingerprint density at radius 2 is 1.81 bits per heavy atom. The third-order valence-electron chi connectivity index (χ3n) is 3.93. The third-order valence-corrected chi connectivity index (χ3v) is 6.15. The predicted octanol–water partition coefficient (Wildman–Crippen LogP) is 4.59. The summed E-state index contributed by atoms with van der Waals surface area (Å²) in [6, 6.07) is 12.2. The van der Waals surface area contributed by atoms with Gasteiger partial charge in [0.2, 0.25) is 16.9 Å². The average Bonchev–Trinajstić information content (AvgIpc) is 3.24. The summed E-state index contributed by atoms with van der Waals surface area (Å²) in [7, 11) is 3.10. The van der Waals surface area contributed by atoms with Crippen LogP contribution in [0.2, 0.25) is 5.02 Å². The molecular formula is C21H19ClN4O4S2. The zero-order chi connectivity index (χ0) is 22.9. The minimum atomic E-state index is -0.354. The lowest BCUT2D eigenvalue weighted by Crippen LogP contribution is -2.13. The molecule has 0 spiro atoms. The summed E-state index contributed by atoms with van der Waals surface area (Å²) in [4.78, 5) is 24.2. The van der Waals surface area contributed by atoms with Gasteiger partial charge < -0.3 is 14.8 Å². The summed E-state index contributed by atoms with van der Waals surface area (Å²) in [6.45, 7) is 0. The number of carbonyl (C=O) groups is 2. The molecule has 2 N–H and O–H groups in total. The Hall–Kier alpha value is -3.08. The molecule has 2 amide bonds. The number of benzene rings is 2. The molecule has 0 bridgehead atoms. The second-order valence-electron chi connectivity index (χ2n) is 6.15. The van der Waals surface area contributed by atoms with Crippen LogP contribution in [0.4, 0.5) is 10.8 Å². The van der Waals surface area contributed by atoms with E-state index in [9.17, 15) is 9.59 Å². The lowest BCUT2D eigenvalue weighted by molar-refractivity contribution is -0.114. The van der Waals surface area contributed by atoms with Crippen molar-refractivity contribution < 1.29 is 19.1 Å². The second kappa shape index (κ2) is 11.5. The maximum absolute atomic E-state index is 12.2. The molecule has 0 unspecified atom stereocenters. The van der Waals surface area contributed by atoms with E-state index in [4.69, 9.17) is 21.1 Å². The van der Waals surface area contributed by atoms with E-state index >= 15 is 0 Å². The van der Waals surface area contributed by atoms with Crippen LogP contribution in [-0.4, -0.2) is 42.0 Å². The molecule has 11 heteroatoms. The largest absolute Gasteiger partial charge is 0.493 e. The van der Waals surface area contributed by atoms with Crippen molar-refractivity contribution in [3.8, 4) is 11.5 Å². The van der Waals surface area contributed by atoms with Gasteiger partial charge in [-0.3, -0.25) is 14.9 Å². The summed E-state index contributed by atoms with van der Waals surface area (Å²) >= 11 is 8.24. The summed E-state index contributed by atoms with van der Waals surface area (Å²) in [5.74, 6) is 0.796. The number of aromatic nitrogens is 2. The highest BCUT2D eigenvalue weighted by Crippen LogP contribution is 2.28. The molecule has 166 valence electrons. The number of rotatable bonds is 9. The fourth-order valence-corrected chi connectivity index (χ4v) is 4.13. The number of ether oxygens (including phenoxy) is 2. The molecule has 8 nitrogen and oxygen atoms in total. The third kappa shape index (κ3) is 6.98. The molecule has 0 aliphatic carbocycles. The van der Waals surface area contributed by atoms with Crippen LogP contribution in [0.3, 0.4) is 0 Å². The summed E-state index contributed by atoms with van der Waals surface area (Å²) in [6.07, 6.45) is 3.03. The number of nitrogens with one attached hydrogen (secondary N) is 2. The predicted molar refractivity (Wildman–Crippen MR) is 128 cm³/mol. The van der Waals surface area contributed by atoms with Crippen LogP contribution >= 0.6 is 34.7 Å². The van der Waals surface area contributed by atoms with Gasteiger partial charge in [-0.05, 0) is 48.0 Å². The molecule has 32 heavy (non-hydrogen) atoms. The fourth-order valence-electron chi connectivity index (χ4n) is 2.45. The lowest BCUT2D eigenvalue weighted by atomic mass is 10.2. The molecule has 1 aromatic heterocycles. The minimum absolute atomic E-state index is 0.157. The first kappa shape index (κ1) is 23.6. The maximum Gasteiger partial charge on any atom is 0.250 e. The molecule has 0 radical (unpaired) electrons. The summed E-state index contributed by atoms with van der Waals surface area (Å²) in [5.41, 5.74) is 1.43. The highest BCUT2D eigenvalue weighted by Gasteiger charge is 2.10. The van der Waals surface area contributed by atoms with Gasteiger partial charge in [0.05, 0.1) is 20.0 Å². The topological polar surface area (TPSA) is 102 Å². The van der Waals surface area contributed by atoms with E-state index in [2.05, 4.69) is 20.8 Å². The van der Waals surface area contributed by atoms with Gasteiger partial charge in [-0.1, -0.05) is 40.8 Å². The maximum atomic E-state index is 12.2. The van der Waals surface area contributed by atoms with Crippen molar-refractivity contribution in [2.45, 2.75) is 4.34 Å². The van der Waals surface area contributed by atoms with Crippen molar-refractivity contribution in [2.75, 3.05) is 30.6 Å². The van der Waals surface area contributed by atoms with E-state index in [0.717, 1.165) is 5.56 Å². The number of thioether (sulfide) groups is 1. The van der Waals surface area contributed by atoms with E-state index in [0.29, 0.717) is 31.7 Å². The lowest BCUT2D eigenvalue weighted by Gasteiger charge is -2.07. The molecule has 1 heterocycles. The minimum Gasteiger partial charge on any atom is -0.493 e. The van der Waals surface area contributed by atoms with Crippen LogP contribution in [0, 0.1) is 0 Å². The highest BCUT2D eigenvalue weighted by molar-refractivity contribution is 8.01. The van der Waals surface area contributed by atoms with Crippen LogP contribution in [-0.2, 0) is 9.59 Å². The molecule has 0 aliphatic rings. The number of amides is 2. The summed E-state index contributed by atoms with van der Waals surface area (Å²) in [5, 5.41) is 14.3. The molecule has 0 aliphatic heterocycles. The van der Waals surface area contributed by atoms with Gasteiger partial charge in [-0.25, -0.2) is 0 Å². The fraction of sp³-hybridized carbons (Fsp3) is 0.143. The van der Waals surface area contributed by atoms with E-state index in [1.165, 1.54) is 29.2 Å². The van der Waals surface area contributed by atoms with E-state index in [-0.39, 0.29) is 17.6 Å². The van der Waals surface area contributed by atoms with Crippen molar-refractivity contribution in [2.24, 2.45) is 0 Å². The van der Waals surface area contributed by atoms with Crippen LogP contribution in [0.5, 0.6) is 11.5 Å². The molecular weight excluding hydrogens is 472 g/mol. The number of carbonyl (C=O) groups excluding carboxylic acids is 2. The Morgan fingerprint density at radius 1 is 1.06 bits per heavy atom. The second-order valence-corrected chi connectivity index (χ2v) is 8.79. The number of methoxy groups -OCH3 is 2. The first-order chi connectivity index (χ1) is 15.5. The van der Waals surface area contributed by atoms with Crippen LogP contribution in [0.25, 0.3) is 6.08 Å². The van der Waals surface area contributed by atoms with Crippen LogP contribution < -0.4 is 20.1 Å². The van der Waals surface area contributed by atoms with Gasteiger partial charge in [-0.15, -0.1) is 10.2 Å². The molecule has 3 aromatic rings. The van der Waals surface area contributed by atoms with E-state index in [1.54, 1.807) is 62.8 Å². The summed E-state index contributed by atoms with van der Waals surface area (Å²) < 4.78 is 11.0. The zero-order valence-electron chi connectivity index (χ0n) is 17.1. The zero-order valence-corrected chi connectivity index (χ0v) is 19.5. The van der Waals surface area contributed by atoms with E-state index < -0.39 is 0 Å². The van der Waals surface area contributed by atoms with Crippen LogP contribution in [0.1, 0.15) is 5.56 Å². The van der Waals surface area contributed by atoms with Gasteiger partial charge in [0.25, 0.3) is 0 Å². The quantitative estimate of drug-likeness (QED) is 0.257. The van der Waals surface area contributed by atoms with Crippen molar-refractivity contribution in [3.05, 3.63) is 59.1 Å². The molecule has 0 atom stereocenters. The Morgan fingerprint density at radius 3 is 2.53 bits per heavy atom. The Labute approximate surface area is 198 Å². The number of anilines is 2. The normalized spacial score (nSPS) is 10.7. The Bertz CT molecular complexity index is 1120. The number of nitrogens with zero attached hydrogens (tertiary/aromatic N) is 2. The highest BCUT2D eigenvalue weighted by atomic mass is 35.5. The molecule has 3 rings (SSSR count). The molecule has 0 saturated carbocycles. The molecule has 0 fully saturated rings. The monoisotopic (exact) mass is 490 g/mol. The van der Waals surface area contributed by atoms with Gasteiger partial charge >= 0.3 is 0 Å². The first-order valence-electron chi connectivity index (χ1n) is 9.19. The van der Waals surface area contributed by atoms with Crippen LogP contribution in [0.15, 0.2) is 52.9 Å². The van der Waals surface area contributed by atoms with Crippen molar-refractivity contribution >= 4 is 63.4 Å². The standard InChI is InChI=1S/C21H19ClN4O4S2/c1-29-16-9-3-13(11-17(16)30-2)4-10-18(27)24-20-25-26-21(32-20)31-12-19(28)23-15-7-5-14(22)6-8-15/h3-11H,12H2,1-2H3,(H,23,28)(H,24,25,27)/b10-4+. The number of hydrogen-bond donors (Lipinski definition) is 2.